The first kappa shape index (κ1) is 15.0. The van der Waals surface area contributed by atoms with Crippen LogP contribution < -0.4 is 5.73 Å². The van der Waals surface area contributed by atoms with Gasteiger partial charge in [0.15, 0.2) is 0 Å². The average molecular weight is 278 g/mol. The fourth-order valence-corrected chi connectivity index (χ4v) is 2.63. The summed E-state index contributed by atoms with van der Waals surface area (Å²) in [5.74, 6) is -0.446. The number of aliphatic hydroxyl groups excluding tert-OH is 1. The zero-order valence-corrected chi connectivity index (χ0v) is 11.7. The number of primary amides is 1. The summed E-state index contributed by atoms with van der Waals surface area (Å²) in [7, 11) is 0. The van der Waals surface area contributed by atoms with E-state index in [2.05, 4.69) is 4.90 Å². The number of benzene rings is 1. The van der Waals surface area contributed by atoms with Crippen LogP contribution in [0.5, 0.6) is 0 Å². The summed E-state index contributed by atoms with van der Waals surface area (Å²) in [6.07, 6.45) is 0.0878. The summed E-state index contributed by atoms with van der Waals surface area (Å²) in [6.45, 7) is 3.10. The highest BCUT2D eigenvalue weighted by Gasteiger charge is 2.32. The van der Waals surface area contributed by atoms with E-state index in [9.17, 15) is 9.90 Å². The summed E-state index contributed by atoms with van der Waals surface area (Å²) in [5.41, 5.74) is 6.50. The molecule has 2 unspecified atom stereocenters. The summed E-state index contributed by atoms with van der Waals surface area (Å²) < 4.78 is 5.52. The Bertz CT molecular complexity index is 438. The largest absolute Gasteiger partial charge is 0.395 e. The van der Waals surface area contributed by atoms with E-state index in [1.807, 2.05) is 37.3 Å². The molecule has 3 N–H and O–H groups in total. The lowest BCUT2D eigenvalue weighted by Gasteiger charge is -2.39. The van der Waals surface area contributed by atoms with Crippen molar-refractivity contribution < 1.29 is 14.6 Å². The minimum absolute atomic E-state index is 0.0226. The molecule has 0 aliphatic carbocycles. The highest BCUT2D eigenvalue weighted by Crippen LogP contribution is 2.16. The third-order valence-corrected chi connectivity index (χ3v) is 3.65. The molecule has 110 valence electrons. The molecule has 1 saturated heterocycles. The number of hydrogen-bond acceptors (Lipinski definition) is 4. The highest BCUT2D eigenvalue weighted by atomic mass is 16.5. The molecule has 1 aliphatic rings. The molecule has 1 aliphatic heterocycles. The number of carbonyl (C=O) groups excluding carboxylic acids is 1. The Hall–Kier alpha value is -1.43. The van der Waals surface area contributed by atoms with Gasteiger partial charge in [0.25, 0.3) is 0 Å². The molecular weight excluding hydrogens is 256 g/mol. The number of nitrogens with two attached hydrogens (primary N) is 1. The van der Waals surface area contributed by atoms with Crippen LogP contribution in [-0.2, 0) is 16.0 Å². The molecule has 2 rings (SSSR count). The first-order chi connectivity index (χ1) is 9.60. The number of hydrogen-bond donors (Lipinski definition) is 2. The Morgan fingerprint density at radius 3 is 2.75 bits per heavy atom. The van der Waals surface area contributed by atoms with Gasteiger partial charge in [-0.15, -0.1) is 0 Å². The lowest BCUT2D eigenvalue weighted by molar-refractivity contribution is -0.145. The predicted octanol–water partition coefficient (Wildman–Crippen LogP) is 0.165. The average Bonchev–Trinajstić information content (AvgIpc) is 2.45. The summed E-state index contributed by atoms with van der Waals surface area (Å²) in [6, 6.07) is 9.99. The minimum atomic E-state index is -0.594. The van der Waals surface area contributed by atoms with Gasteiger partial charge in [-0.05, 0) is 18.9 Å². The van der Waals surface area contributed by atoms with Crippen molar-refractivity contribution >= 4 is 5.91 Å². The number of amides is 1. The zero-order chi connectivity index (χ0) is 14.5. The third kappa shape index (κ3) is 3.79. The monoisotopic (exact) mass is 278 g/mol. The molecule has 5 nitrogen and oxygen atoms in total. The maximum atomic E-state index is 11.3. The molecule has 0 saturated carbocycles. The van der Waals surface area contributed by atoms with Gasteiger partial charge in [-0.1, -0.05) is 30.3 Å². The molecule has 1 heterocycles. The van der Waals surface area contributed by atoms with Crippen molar-refractivity contribution in [3.63, 3.8) is 0 Å². The van der Waals surface area contributed by atoms with Gasteiger partial charge in [-0.25, -0.2) is 0 Å². The van der Waals surface area contributed by atoms with Gasteiger partial charge in [0.1, 0.15) is 6.10 Å². The van der Waals surface area contributed by atoms with E-state index in [-0.39, 0.29) is 18.8 Å². The van der Waals surface area contributed by atoms with E-state index < -0.39 is 12.0 Å². The molecule has 1 aromatic rings. The molecule has 3 atom stereocenters. The number of rotatable bonds is 5. The molecule has 20 heavy (non-hydrogen) atoms. The molecule has 0 spiro atoms. The van der Waals surface area contributed by atoms with Crippen molar-refractivity contribution in [1.29, 1.82) is 0 Å². The van der Waals surface area contributed by atoms with Gasteiger partial charge < -0.3 is 15.6 Å². The molecule has 1 fully saturated rings. The van der Waals surface area contributed by atoms with Gasteiger partial charge >= 0.3 is 0 Å². The Balaban J connectivity index is 2.04. The quantitative estimate of drug-likeness (QED) is 0.805. The van der Waals surface area contributed by atoms with Crippen molar-refractivity contribution in [3.8, 4) is 0 Å². The minimum Gasteiger partial charge on any atom is -0.395 e. The van der Waals surface area contributed by atoms with Crippen LogP contribution in [0.25, 0.3) is 0 Å². The standard InChI is InChI=1S/C15H22N2O3/c1-11-8-17(9-14(20-11)15(16)19)13(10-18)7-12-5-3-2-4-6-12/h2-6,11,13-14,18H,7-10H2,1H3,(H2,16,19)/t11?,13-,14?/m0/s1. The second-order valence-electron chi connectivity index (χ2n) is 5.32. The SMILES string of the molecule is CC1CN([C@H](CO)Cc2ccccc2)CC(C(N)=O)O1. The van der Waals surface area contributed by atoms with Crippen molar-refractivity contribution in [1.82, 2.24) is 4.90 Å². The predicted molar refractivity (Wildman–Crippen MR) is 76.1 cm³/mol. The maximum absolute atomic E-state index is 11.3. The summed E-state index contributed by atoms with van der Waals surface area (Å²) in [5, 5.41) is 9.65. The normalized spacial score (nSPS) is 25.3. The van der Waals surface area contributed by atoms with Crippen molar-refractivity contribution in [2.75, 3.05) is 19.7 Å². The fourth-order valence-electron chi connectivity index (χ4n) is 2.63. The van der Waals surface area contributed by atoms with Crippen LogP contribution in [0.4, 0.5) is 0 Å². The van der Waals surface area contributed by atoms with Crippen LogP contribution in [0.3, 0.4) is 0 Å². The Morgan fingerprint density at radius 2 is 2.15 bits per heavy atom. The number of nitrogens with zero attached hydrogens (tertiary/aromatic N) is 1. The topological polar surface area (TPSA) is 75.8 Å². The smallest absolute Gasteiger partial charge is 0.247 e. The fraction of sp³-hybridized carbons (Fsp3) is 0.533. The molecule has 0 aromatic heterocycles. The lowest BCUT2D eigenvalue weighted by atomic mass is 10.0. The Labute approximate surface area is 119 Å². The van der Waals surface area contributed by atoms with Crippen molar-refractivity contribution in [2.24, 2.45) is 5.73 Å². The summed E-state index contributed by atoms with van der Waals surface area (Å²) in [4.78, 5) is 13.4. The van der Waals surface area contributed by atoms with Crippen LogP contribution in [0.1, 0.15) is 12.5 Å². The second kappa shape index (κ2) is 6.83. The van der Waals surface area contributed by atoms with Gasteiger partial charge in [0.2, 0.25) is 5.91 Å². The van der Waals surface area contributed by atoms with Crippen LogP contribution in [0.2, 0.25) is 0 Å². The van der Waals surface area contributed by atoms with Gasteiger partial charge in [0, 0.05) is 19.1 Å². The van der Waals surface area contributed by atoms with Crippen LogP contribution in [0.15, 0.2) is 30.3 Å². The summed E-state index contributed by atoms with van der Waals surface area (Å²) >= 11 is 0. The maximum Gasteiger partial charge on any atom is 0.247 e. The lowest BCUT2D eigenvalue weighted by Crippen LogP contribution is -2.55. The zero-order valence-electron chi connectivity index (χ0n) is 11.7. The molecular formula is C15H22N2O3. The molecule has 5 heteroatoms. The van der Waals surface area contributed by atoms with E-state index in [0.29, 0.717) is 13.1 Å². The van der Waals surface area contributed by atoms with E-state index in [0.717, 1.165) is 6.42 Å². The molecule has 0 bridgehead atoms. The van der Waals surface area contributed by atoms with Crippen LogP contribution in [0, 0.1) is 0 Å². The van der Waals surface area contributed by atoms with E-state index in [1.165, 1.54) is 5.56 Å². The van der Waals surface area contributed by atoms with Crippen LogP contribution in [-0.4, -0.2) is 53.9 Å². The van der Waals surface area contributed by atoms with Crippen molar-refractivity contribution in [3.05, 3.63) is 35.9 Å². The van der Waals surface area contributed by atoms with E-state index >= 15 is 0 Å². The number of carbonyl (C=O) groups is 1. The number of morpholine rings is 1. The first-order valence-electron chi connectivity index (χ1n) is 6.93. The highest BCUT2D eigenvalue weighted by molar-refractivity contribution is 5.79. The Morgan fingerprint density at radius 1 is 1.45 bits per heavy atom. The Kier molecular flexibility index (Phi) is 5.11. The van der Waals surface area contributed by atoms with E-state index in [4.69, 9.17) is 10.5 Å². The van der Waals surface area contributed by atoms with Crippen molar-refractivity contribution in [2.45, 2.75) is 31.6 Å². The van der Waals surface area contributed by atoms with Gasteiger partial charge in [-0.3, -0.25) is 9.69 Å². The van der Waals surface area contributed by atoms with Gasteiger partial charge in [0.05, 0.1) is 12.7 Å². The number of aliphatic hydroxyl groups is 1. The van der Waals surface area contributed by atoms with Gasteiger partial charge in [-0.2, -0.15) is 0 Å². The second-order valence-corrected chi connectivity index (χ2v) is 5.32. The van der Waals surface area contributed by atoms with Crippen LogP contribution >= 0.6 is 0 Å². The molecule has 1 amide bonds. The number of ether oxygens (including phenoxy) is 1. The first-order valence-corrected chi connectivity index (χ1v) is 6.93. The molecule has 0 radical (unpaired) electrons. The third-order valence-electron chi connectivity index (χ3n) is 3.65. The van der Waals surface area contributed by atoms with E-state index in [1.54, 1.807) is 0 Å². The molecule has 1 aromatic carbocycles.